The number of carbonyl (C=O) groups excluding carboxylic acids is 2. The van der Waals surface area contributed by atoms with Gasteiger partial charge in [0.2, 0.25) is 0 Å². The van der Waals surface area contributed by atoms with Crippen LogP contribution < -0.4 is 5.73 Å². The normalized spacial score (nSPS) is 16.9. The second kappa shape index (κ2) is 6.94. The lowest BCUT2D eigenvalue weighted by molar-refractivity contribution is -0.155. The molecule has 1 aliphatic carbocycles. The fourth-order valence-electron chi connectivity index (χ4n) is 3.66. The lowest BCUT2D eigenvalue weighted by Gasteiger charge is -2.34. The van der Waals surface area contributed by atoms with Crippen LogP contribution in [0.2, 0.25) is 0 Å². The molecule has 1 aliphatic rings. The van der Waals surface area contributed by atoms with Crippen LogP contribution >= 0.6 is 0 Å². The van der Waals surface area contributed by atoms with Crippen molar-refractivity contribution in [2.75, 3.05) is 12.3 Å². The Balaban J connectivity index is 1.90. The molecule has 0 fully saturated rings. The maximum Gasteiger partial charge on any atom is 0.312 e. The first-order chi connectivity index (χ1) is 12.3. The van der Waals surface area contributed by atoms with Gasteiger partial charge in [-0.1, -0.05) is 30.3 Å². The molecule has 0 heterocycles. The van der Waals surface area contributed by atoms with E-state index in [1.807, 2.05) is 36.4 Å². The Morgan fingerprint density at radius 1 is 1.15 bits per heavy atom. The van der Waals surface area contributed by atoms with Crippen molar-refractivity contribution in [1.29, 1.82) is 0 Å². The smallest absolute Gasteiger partial charge is 0.312 e. The van der Waals surface area contributed by atoms with E-state index < -0.39 is 5.41 Å². The lowest BCUT2D eigenvalue weighted by Crippen LogP contribution is -2.41. The number of aryl methyl sites for hydroxylation is 1. The number of nitrogen functional groups attached to an aromatic ring is 1. The van der Waals surface area contributed by atoms with Gasteiger partial charge in [0.25, 0.3) is 0 Å². The number of Topliss-reactive ketones (excluding diaryl/α,β-unsaturated/α-hetero) is 1. The molecule has 26 heavy (non-hydrogen) atoms. The standard InChI is InChI=1S/C22H25NO3/c1-4-26-21(25)22(2,3)19-12-8-16-13-15(7-11-18(16)20(19)24)14-5-9-17(23)10-6-14/h5-7,9-11,13,19H,4,8,12,23H2,1-3H3. The summed E-state index contributed by atoms with van der Waals surface area (Å²) < 4.78 is 5.18. The molecular formula is C22H25NO3. The van der Waals surface area contributed by atoms with Crippen LogP contribution in [0.5, 0.6) is 0 Å². The maximum absolute atomic E-state index is 13.0. The van der Waals surface area contributed by atoms with Crippen LogP contribution in [0, 0.1) is 11.3 Å². The molecule has 2 aromatic carbocycles. The zero-order valence-electron chi connectivity index (χ0n) is 15.5. The summed E-state index contributed by atoms with van der Waals surface area (Å²) in [6.45, 7) is 5.72. The molecule has 1 atom stereocenters. The van der Waals surface area contributed by atoms with Crippen LogP contribution in [0.15, 0.2) is 42.5 Å². The molecule has 0 spiro atoms. The van der Waals surface area contributed by atoms with E-state index in [4.69, 9.17) is 10.5 Å². The highest BCUT2D eigenvalue weighted by Crippen LogP contribution is 2.39. The third kappa shape index (κ3) is 3.24. The van der Waals surface area contributed by atoms with Crippen molar-refractivity contribution < 1.29 is 14.3 Å². The van der Waals surface area contributed by atoms with Crippen molar-refractivity contribution in [3.05, 3.63) is 53.6 Å². The summed E-state index contributed by atoms with van der Waals surface area (Å²) in [5, 5.41) is 0. The van der Waals surface area contributed by atoms with Gasteiger partial charge in [0.15, 0.2) is 5.78 Å². The first kappa shape index (κ1) is 18.2. The second-order valence-electron chi connectivity index (χ2n) is 7.39. The van der Waals surface area contributed by atoms with Gasteiger partial charge < -0.3 is 10.5 Å². The number of benzene rings is 2. The van der Waals surface area contributed by atoms with Gasteiger partial charge in [-0.25, -0.2) is 0 Å². The molecule has 4 nitrogen and oxygen atoms in total. The first-order valence-corrected chi connectivity index (χ1v) is 9.05. The van der Waals surface area contributed by atoms with Crippen LogP contribution in [0.4, 0.5) is 5.69 Å². The molecule has 0 radical (unpaired) electrons. The van der Waals surface area contributed by atoms with Crippen molar-refractivity contribution in [3.8, 4) is 11.1 Å². The first-order valence-electron chi connectivity index (χ1n) is 9.05. The van der Waals surface area contributed by atoms with E-state index in [2.05, 4.69) is 6.07 Å². The highest BCUT2D eigenvalue weighted by Gasteiger charge is 2.44. The molecule has 0 aliphatic heterocycles. The molecular weight excluding hydrogens is 326 g/mol. The molecule has 136 valence electrons. The Morgan fingerprint density at radius 3 is 2.46 bits per heavy atom. The lowest BCUT2D eigenvalue weighted by atomic mass is 9.68. The number of hydrogen-bond donors (Lipinski definition) is 1. The average Bonchev–Trinajstić information content (AvgIpc) is 2.62. The van der Waals surface area contributed by atoms with Crippen molar-refractivity contribution in [3.63, 3.8) is 0 Å². The van der Waals surface area contributed by atoms with Gasteiger partial charge in [-0.05, 0) is 62.4 Å². The highest BCUT2D eigenvalue weighted by atomic mass is 16.5. The predicted octanol–water partition coefficient (Wildman–Crippen LogP) is 4.27. The molecule has 4 heteroatoms. The van der Waals surface area contributed by atoms with Crippen molar-refractivity contribution in [1.82, 2.24) is 0 Å². The second-order valence-corrected chi connectivity index (χ2v) is 7.39. The number of ether oxygens (including phenoxy) is 1. The molecule has 0 saturated carbocycles. The number of anilines is 1. The van der Waals surface area contributed by atoms with Crippen molar-refractivity contribution >= 4 is 17.4 Å². The van der Waals surface area contributed by atoms with Gasteiger partial charge in [0.1, 0.15) is 0 Å². The van der Waals surface area contributed by atoms with Gasteiger partial charge >= 0.3 is 5.97 Å². The summed E-state index contributed by atoms with van der Waals surface area (Å²) in [6, 6.07) is 13.6. The molecule has 1 unspecified atom stereocenters. The highest BCUT2D eigenvalue weighted by molar-refractivity contribution is 6.03. The van der Waals surface area contributed by atoms with Gasteiger partial charge in [0.05, 0.1) is 12.0 Å². The Kier molecular flexibility index (Phi) is 4.86. The SMILES string of the molecule is CCOC(=O)C(C)(C)C1CCc2cc(-c3ccc(N)cc3)ccc2C1=O. The van der Waals surface area contributed by atoms with Gasteiger partial charge in [0, 0.05) is 17.2 Å². The largest absolute Gasteiger partial charge is 0.466 e. The van der Waals surface area contributed by atoms with Crippen LogP contribution in [0.25, 0.3) is 11.1 Å². The van der Waals surface area contributed by atoms with Gasteiger partial charge in [-0.15, -0.1) is 0 Å². The summed E-state index contributed by atoms with van der Waals surface area (Å²) in [6.07, 6.45) is 1.43. The Bertz CT molecular complexity index is 837. The number of carbonyl (C=O) groups is 2. The minimum Gasteiger partial charge on any atom is -0.466 e. The number of fused-ring (bicyclic) bond motifs is 1. The predicted molar refractivity (Wildman–Crippen MR) is 103 cm³/mol. The summed E-state index contributed by atoms with van der Waals surface area (Å²) in [7, 11) is 0. The monoisotopic (exact) mass is 351 g/mol. The topological polar surface area (TPSA) is 69.4 Å². The molecule has 2 aromatic rings. The Hall–Kier alpha value is -2.62. The summed E-state index contributed by atoms with van der Waals surface area (Å²) in [4.78, 5) is 25.3. The average molecular weight is 351 g/mol. The minimum atomic E-state index is -0.819. The minimum absolute atomic E-state index is 0.0353. The molecule has 0 amide bonds. The van der Waals surface area contributed by atoms with Crippen molar-refractivity contribution in [2.24, 2.45) is 11.3 Å². The van der Waals surface area contributed by atoms with E-state index in [9.17, 15) is 9.59 Å². The fraction of sp³-hybridized carbons (Fsp3) is 0.364. The number of rotatable bonds is 4. The van der Waals surface area contributed by atoms with E-state index in [1.165, 1.54) is 0 Å². The molecule has 2 N–H and O–H groups in total. The molecule has 0 saturated heterocycles. The van der Waals surface area contributed by atoms with Crippen LogP contribution in [0.1, 0.15) is 43.1 Å². The van der Waals surface area contributed by atoms with E-state index >= 15 is 0 Å². The Labute approximate surface area is 154 Å². The molecule has 0 aromatic heterocycles. The van der Waals surface area contributed by atoms with E-state index in [-0.39, 0.29) is 17.7 Å². The summed E-state index contributed by atoms with van der Waals surface area (Å²) in [5.41, 5.74) is 9.57. The Morgan fingerprint density at radius 2 is 1.81 bits per heavy atom. The van der Waals surface area contributed by atoms with Gasteiger partial charge in [-0.2, -0.15) is 0 Å². The number of esters is 1. The molecule has 3 rings (SSSR count). The van der Waals surface area contributed by atoms with Crippen molar-refractivity contribution in [2.45, 2.75) is 33.6 Å². The maximum atomic E-state index is 13.0. The summed E-state index contributed by atoms with van der Waals surface area (Å²) >= 11 is 0. The van der Waals surface area contributed by atoms with E-state index in [0.717, 1.165) is 34.4 Å². The third-order valence-corrected chi connectivity index (χ3v) is 5.31. The van der Waals surface area contributed by atoms with E-state index in [1.54, 1.807) is 20.8 Å². The zero-order chi connectivity index (χ0) is 18.9. The zero-order valence-corrected chi connectivity index (χ0v) is 15.5. The summed E-state index contributed by atoms with van der Waals surface area (Å²) in [5.74, 6) is -0.620. The third-order valence-electron chi connectivity index (χ3n) is 5.31. The quantitative estimate of drug-likeness (QED) is 0.660. The molecule has 0 bridgehead atoms. The fourth-order valence-corrected chi connectivity index (χ4v) is 3.66. The van der Waals surface area contributed by atoms with E-state index in [0.29, 0.717) is 13.0 Å². The van der Waals surface area contributed by atoms with Crippen LogP contribution in [0.3, 0.4) is 0 Å². The van der Waals surface area contributed by atoms with Gasteiger partial charge in [-0.3, -0.25) is 9.59 Å². The number of ketones is 1. The number of nitrogens with two attached hydrogens (primary N) is 1. The van der Waals surface area contributed by atoms with Crippen LogP contribution in [-0.4, -0.2) is 18.4 Å². The number of hydrogen-bond acceptors (Lipinski definition) is 4. The van der Waals surface area contributed by atoms with Crippen LogP contribution in [-0.2, 0) is 16.0 Å².